The zero-order chi connectivity index (χ0) is 11.7. The van der Waals surface area contributed by atoms with E-state index in [1.54, 1.807) is 0 Å². The van der Waals surface area contributed by atoms with Crippen molar-refractivity contribution in [2.45, 2.75) is 53.0 Å². The van der Waals surface area contributed by atoms with E-state index in [-0.39, 0.29) is 0 Å². The average Bonchev–Trinajstić information content (AvgIpc) is 2.16. The molecule has 1 N–H and O–H groups in total. The molecule has 0 aliphatic carbocycles. The summed E-state index contributed by atoms with van der Waals surface area (Å²) in [6.45, 7) is 12.6. The highest BCUT2D eigenvalue weighted by Gasteiger charge is 2.06. The molecule has 92 valence electrons. The molecule has 0 aliphatic heterocycles. The Hall–Kier alpha value is -0.0800. The van der Waals surface area contributed by atoms with Gasteiger partial charge in [0.05, 0.1) is 0 Å². The van der Waals surface area contributed by atoms with Gasteiger partial charge in [0.15, 0.2) is 0 Å². The van der Waals surface area contributed by atoms with E-state index in [1.165, 1.54) is 25.8 Å². The van der Waals surface area contributed by atoms with Crippen LogP contribution >= 0.6 is 0 Å². The maximum absolute atomic E-state index is 3.48. The molecule has 0 radical (unpaired) electrons. The maximum atomic E-state index is 3.48. The molecule has 0 saturated heterocycles. The third kappa shape index (κ3) is 8.88. The Morgan fingerprint density at radius 3 is 2.40 bits per heavy atom. The van der Waals surface area contributed by atoms with Crippen LogP contribution < -0.4 is 5.32 Å². The van der Waals surface area contributed by atoms with E-state index in [1.807, 2.05) is 0 Å². The Labute approximate surface area is 96.4 Å². The molecule has 1 atom stereocenters. The molecule has 0 fully saturated rings. The van der Waals surface area contributed by atoms with Gasteiger partial charge >= 0.3 is 0 Å². The molecule has 0 heterocycles. The lowest BCUT2D eigenvalue weighted by atomic mass is 10.1. The highest BCUT2D eigenvalue weighted by molar-refractivity contribution is 4.63. The molecule has 2 heteroatoms. The van der Waals surface area contributed by atoms with Crippen LogP contribution in [0.5, 0.6) is 0 Å². The van der Waals surface area contributed by atoms with E-state index in [4.69, 9.17) is 0 Å². The molecule has 0 aromatic heterocycles. The summed E-state index contributed by atoms with van der Waals surface area (Å²) in [4.78, 5) is 2.47. The van der Waals surface area contributed by atoms with E-state index >= 15 is 0 Å². The molecule has 0 saturated carbocycles. The van der Waals surface area contributed by atoms with Gasteiger partial charge in [-0.25, -0.2) is 0 Å². The van der Waals surface area contributed by atoms with Gasteiger partial charge in [0, 0.05) is 6.04 Å². The molecule has 0 bridgehead atoms. The Bertz CT molecular complexity index is 134. The Morgan fingerprint density at radius 1 is 1.20 bits per heavy atom. The Kier molecular flexibility index (Phi) is 9.12. The molecule has 0 aliphatic rings. The van der Waals surface area contributed by atoms with Crippen LogP contribution in [0.1, 0.15) is 47.0 Å². The van der Waals surface area contributed by atoms with Crippen LogP contribution in [0, 0.1) is 5.92 Å². The summed E-state index contributed by atoms with van der Waals surface area (Å²) < 4.78 is 0. The minimum atomic E-state index is 0.736. The third-order valence-electron chi connectivity index (χ3n) is 2.88. The van der Waals surface area contributed by atoms with Crippen molar-refractivity contribution in [1.29, 1.82) is 0 Å². The molecule has 0 spiro atoms. The van der Waals surface area contributed by atoms with Gasteiger partial charge in [-0.2, -0.15) is 0 Å². The Balaban J connectivity index is 3.34. The molecule has 0 rings (SSSR count). The number of hydrogen-bond acceptors (Lipinski definition) is 2. The summed E-state index contributed by atoms with van der Waals surface area (Å²) in [5.74, 6) is 0.766. The van der Waals surface area contributed by atoms with Gasteiger partial charge in [-0.3, -0.25) is 0 Å². The summed E-state index contributed by atoms with van der Waals surface area (Å²) in [5.41, 5.74) is 0. The SMILES string of the molecule is CCCC(C)N(C)CCCNCC(C)C. The number of rotatable bonds is 9. The van der Waals surface area contributed by atoms with Gasteiger partial charge in [-0.05, 0) is 52.4 Å². The normalized spacial score (nSPS) is 13.8. The van der Waals surface area contributed by atoms with E-state index in [0.717, 1.165) is 25.0 Å². The van der Waals surface area contributed by atoms with E-state index in [0.29, 0.717) is 0 Å². The summed E-state index contributed by atoms with van der Waals surface area (Å²) in [6, 6.07) is 0.736. The fraction of sp³-hybridized carbons (Fsp3) is 1.00. The van der Waals surface area contributed by atoms with E-state index in [2.05, 4.69) is 45.0 Å². The van der Waals surface area contributed by atoms with Gasteiger partial charge in [0.2, 0.25) is 0 Å². The maximum Gasteiger partial charge on any atom is 0.00637 e. The van der Waals surface area contributed by atoms with Gasteiger partial charge < -0.3 is 10.2 Å². The van der Waals surface area contributed by atoms with Gasteiger partial charge in [-0.15, -0.1) is 0 Å². The molecule has 2 nitrogen and oxygen atoms in total. The van der Waals surface area contributed by atoms with E-state index < -0.39 is 0 Å². The fourth-order valence-corrected chi connectivity index (χ4v) is 1.70. The minimum Gasteiger partial charge on any atom is -0.316 e. The lowest BCUT2D eigenvalue weighted by Crippen LogP contribution is -2.32. The van der Waals surface area contributed by atoms with Crippen molar-refractivity contribution in [1.82, 2.24) is 10.2 Å². The van der Waals surface area contributed by atoms with Crippen LogP contribution in [0.4, 0.5) is 0 Å². The first-order chi connectivity index (χ1) is 7.07. The summed E-state index contributed by atoms with van der Waals surface area (Å²) in [6.07, 6.45) is 3.87. The topological polar surface area (TPSA) is 15.3 Å². The lowest BCUT2D eigenvalue weighted by molar-refractivity contribution is 0.241. The minimum absolute atomic E-state index is 0.736. The standard InChI is InChI=1S/C13H30N2/c1-6-8-13(4)15(5)10-7-9-14-11-12(2)3/h12-14H,6-11H2,1-5H3. The summed E-state index contributed by atoms with van der Waals surface area (Å²) in [7, 11) is 2.24. The second-order valence-corrected chi connectivity index (χ2v) is 5.07. The van der Waals surface area contributed by atoms with Crippen molar-refractivity contribution in [2.24, 2.45) is 5.92 Å². The first kappa shape index (κ1) is 14.9. The van der Waals surface area contributed by atoms with Crippen molar-refractivity contribution < 1.29 is 0 Å². The third-order valence-corrected chi connectivity index (χ3v) is 2.88. The van der Waals surface area contributed by atoms with Crippen LogP contribution in [-0.4, -0.2) is 37.6 Å². The number of hydrogen-bond donors (Lipinski definition) is 1. The predicted molar refractivity (Wildman–Crippen MR) is 69.3 cm³/mol. The van der Waals surface area contributed by atoms with Crippen molar-refractivity contribution in [3.63, 3.8) is 0 Å². The monoisotopic (exact) mass is 214 g/mol. The zero-order valence-electron chi connectivity index (χ0n) is 11.3. The molecular formula is C13H30N2. The highest BCUT2D eigenvalue weighted by Crippen LogP contribution is 2.03. The van der Waals surface area contributed by atoms with Gasteiger partial charge in [-0.1, -0.05) is 27.2 Å². The van der Waals surface area contributed by atoms with Crippen molar-refractivity contribution in [3.8, 4) is 0 Å². The van der Waals surface area contributed by atoms with Crippen molar-refractivity contribution >= 4 is 0 Å². The van der Waals surface area contributed by atoms with E-state index in [9.17, 15) is 0 Å². The van der Waals surface area contributed by atoms with Gasteiger partial charge in [0.25, 0.3) is 0 Å². The van der Waals surface area contributed by atoms with Crippen molar-refractivity contribution in [2.75, 3.05) is 26.7 Å². The number of nitrogens with one attached hydrogen (secondary N) is 1. The molecule has 0 aromatic rings. The lowest BCUT2D eigenvalue weighted by Gasteiger charge is -2.24. The average molecular weight is 214 g/mol. The highest BCUT2D eigenvalue weighted by atomic mass is 15.1. The van der Waals surface area contributed by atoms with Crippen LogP contribution in [0.25, 0.3) is 0 Å². The Morgan fingerprint density at radius 2 is 1.87 bits per heavy atom. The fourth-order valence-electron chi connectivity index (χ4n) is 1.70. The first-order valence-corrected chi connectivity index (χ1v) is 6.48. The number of nitrogens with zero attached hydrogens (tertiary/aromatic N) is 1. The second-order valence-electron chi connectivity index (χ2n) is 5.07. The van der Waals surface area contributed by atoms with Gasteiger partial charge in [0.1, 0.15) is 0 Å². The van der Waals surface area contributed by atoms with Crippen LogP contribution in [0.3, 0.4) is 0 Å². The van der Waals surface area contributed by atoms with Crippen LogP contribution in [-0.2, 0) is 0 Å². The van der Waals surface area contributed by atoms with Crippen molar-refractivity contribution in [3.05, 3.63) is 0 Å². The molecule has 1 unspecified atom stereocenters. The molecule has 0 aromatic carbocycles. The largest absolute Gasteiger partial charge is 0.316 e. The summed E-state index contributed by atoms with van der Waals surface area (Å²) >= 11 is 0. The van der Waals surface area contributed by atoms with Crippen LogP contribution in [0.2, 0.25) is 0 Å². The first-order valence-electron chi connectivity index (χ1n) is 6.48. The predicted octanol–water partition coefficient (Wildman–Crippen LogP) is 2.74. The summed E-state index contributed by atoms with van der Waals surface area (Å²) in [5, 5.41) is 3.48. The van der Waals surface area contributed by atoms with Crippen LogP contribution in [0.15, 0.2) is 0 Å². The molecule has 0 amide bonds. The molecular weight excluding hydrogens is 184 g/mol. The quantitative estimate of drug-likeness (QED) is 0.594. The second kappa shape index (κ2) is 9.17. The molecule has 15 heavy (non-hydrogen) atoms. The smallest absolute Gasteiger partial charge is 0.00637 e. The zero-order valence-corrected chi connectivity index (χ0v) is 11.3.